The van der Waals surface area contributed by atoms with E-state index in [2.05, 4.69) is 0 Å². The lowest BCUT2D eigenvalue weighted by Crippen LogP contribution is -2.46. The zero-order valence-electron chi connectivity index (χ0n) is 10.5. The number of thioether (sulfide) groups is 1. The van der Waals surface area contributed by atoms with Gasteiger partial charge in [0.1, 0.15) is 0 Å². The summed E-state index contributed by atoms with van der Waals surface area (Å²) >= 11 is 1.72. The van der Waals surface area contributed by atoms with E-state index >= 15 is 0 Å². The first kappa shape index (κ1) is 11.8. The van der Waals surface area contributed by atoms with Crippen LogP contribution in [0.15, 0.2) is 0 Å². The van der Waals surface area contributed by atoms with Crippen LogP contribution < -0.4 is 0 Å². The smallest absolute Gasteiger partial charge is 0.226 e. The number of carbonyl (C=O) groups is 1. The van der Waals surface area contributed by atoms with Crippen LogP contribution in [-0.2, 0) is 4.79 Å². The molecule has 2 aliphatic carbocycles. The van der Waals surface area contributed by atoms with Gasteiger partial charge in [-0.25, -0.2) is 0 Å². The molecule has 17 heavy (non-hydrogen) atoms. The Hall–Kier alpha value is -0.220. The Morgan fingerprint density at radius 2 is 2.24 bits per heavy atom. The van der Waals surface area contributed by atoms with E-state index in [0.717, 1.165) is 25.1 Å². The Bertz CT molecular complexity index is 333. The van der Waals surface area contributed by atoms with Crippen molar-refractivity contribution in [2.45, 2.75) is 31.9 Å². The van der Waals surface area contributed by atoms with Crippen molar-refractivity contribution in [3.05, 3.63) is 0 Å². The molecule has 0 aromatic carbocycles. The average Bonchev–Trinajstić information content (AvgIpc) is 2.88. The molecule has 0 aromatic rings. The number of hydrogen-bond donors (Lipinski definition) is 1. The monoisotopic (exact) mass is 255 g/mol. The quantitative estimate of drug-likeness (QED) is 0.824. The highest BCUT2D eigenvalue weighted by atomic mass is 32.2. The fourth-order valence-electron chi connectivity index (χ4n) is 4.27. The minimum absolute atomic E-state index is 0.0914. The first-order chi connectivity index (χ1) is 8.13. The molecule has 2 bridgehead atoms. The summed E-state index contributed by atoms with van der Waals surface area (Å²) in [5.41, 5.74) is 0. The van der Waals surface area contributed by atoms with E-state index < -0.39 is 0 Å². The first-order valence-electron chi connectivity index (χ1n) is 6.61. The number of aliphatic hydroxyl groups excluding tert-OH is 1. The average molecular weight is 255 g/mol. The Kier molecular flexibility index (Phi) is 2.90. The van der Waals surface area contributed by atoms with Crippen LogP contribution in [0.1, 0.15) is 19.8 Å². The van der Waals surface area contributed by atoms with Crippen LogP contribution in [0.5, 0.6) is 0 Å². The lowest BCUT2D eigenvalue weighted by molar-refractivity contribution is -0.137. The van der Waals surface area contributed by atoms with Gasteiger partial charge in [0, 0.05) is 18.2 Å². The molecule has 1 N–H and O–H groups in total. The van der Waals surface area contributed by atoms with Crippen molar-refractivity contribution in [3.63, 3.8) is 0 Å². The summed E-state index contributed by atoms with van der Waals surface area (Å²) in [6.45, 7) is 2.92. The van der Waals surface area contributed by atoms with Crippen LogP contribution >= 0.6 is 11.8 Å². The van der Waals surface area contributed by atoms with Gasteiger partial charge in [0.05, 0.1) is 12.1 Å². The highest BCUT2D eigenvalue weighted by Gasteiger charge is 2.60. The summed E-state index contributed by atoms with van der Waals surface area (Å²) in [5.74, 6) is 2.99. The number of carbonyl (C=O) groups excluding carboxylic acids is 1. The fraction of sp³-hybridized carbons (Fsp3) is 0.923. The maximum Gasteiger partial charge on any atom is 0.226 e. The Morgan fingerprint density at radius 3 is 2.88 bits per heavy atom. The maximum absolute atomic E-state index is 12.4. The summed E-state index contributed by atoms with van der Waals surface area (Å²) < 4.78 is 0. The lowest BCUT2D eigenvalue weighted by Gasteiger charge is -2.30. The van der Waals surface area contributed by atoms with E-state index in [1.807, 2.05) is 18.1 Å². The topological polar surface area (TPSA) is 40.5 Å². The van der Waals surface area contributed by atoms with Crippen LogP contribution in [0, 0.1) is 23.7 Å². The first-order valence-corrected chi connectivity index (χ1v) is 8.00. The SMILES string of the molecule is CSCC(C)C(=O)N1CC2CC3CC2C1C3O. The molecule has 3 rings (SSSR count). The largest absolute Gasteiger partial charge is 0.391 e. The van der Waals surface area contributed by atoms with E-state index in [-0.39, 0.29) is 24.0 Å². The highest BCUT2D eigenvalue weighted by molar-refractivity contribution is 7.98. The summed E-state index contributed by atoms with van der Waals surface area (Å²) in [6.07, 6.45) is 4.09. The van der Waals surface area contributed by atoms with Crippen molar-refractivity contribution in [2.75, 3.05) is 18.6 Å². The molecule has 0 spiro atoms. The summed E-state index contributed by atoms with van der Waals surface area (Å²) in [4.78, 5) is 14.4. The number of hydrogen-bond acceptors (Lipinski definition) is 3. The van der Waals surface area contributed by atoms with Gasteiger partial charge in [-0.05, 0) is 36.9 Å². The molecular formula is C13H21NO2S. The Labute approximate surface area is 107 Å². The van der Waals surface area contributed by atoms with Gasteiger partial charge in [0.25, 0.3) is 0 Å². The fourth-order valence-corrected chi connectivity index (χ4v) is 4.91. The van der Waals surface area contributed by atoms with Crippen LogP contribution in [0.4, 0.5) is 0 Å². The molecule has 4 heteroatoms. The molecule has 1 saturated heterocycles. The van der Waals surface area contributed by atoms with E-state index in [9.17, 15) is 9.90 Å². The Morgan fingerprint density at radius 1 is 1.47 bits per heavy atom. The highest BCUT2D eigenvalue weighted by Crippen LogP contribution is 2.55. The number of fused-ring (bicyclic) bond motifs is 1. The molecule has 1 aliphatic heterocycles. The van der Waals surface area contributed by atoms with Crippen molar-refractivity contribution >= 4 is 17.7 Å². The van der Waals surface area contributed by atoms with Gasteiger partial charge in [0.15, 0.2) is 0 Å². The van der Waals surface area contributed by atoms with Crippen molar-refractivity contribution in [1.29, 1.82) is 0 Å². The summed E-state index contributed by atoms with van der Waals surface area (Å²) in [5, 5.41) is 10.2. The molecule has 3 aliphatic rings. The lowest BCUT2D eigenvalue weighted by atomic mass is 9.88. The third-order valence-corrected chi connectivity index (χ3v) is 5.80. The standard InChI is InChI=1S/C13H21NO2S/c1-7(6-17-2)13(16)14-5-9-3-8-4-10(9)11(14)12(8)15/h7-12,15H,3-6H2,1-2H3. The number of aliphatic hydroxyl groups is 1. The predicted octanol–water partition coefficient (Wildman–Crippen LogP) is 1.21. The molecule has 1 heterocycles. The number of likely N-dealkylation sites (tertiary alicyclic amines) is 1. The molecule has 3 nitrogen and oxygen atoms in total. The van der Waals surface area contributed by atoms with Gasteiger partial charge >= 0.3 is 0 Å². The van der Waals surface area contributed by atoms with Gasteiger partial charge in [-0.3, -0.25) is 4.79 Å². The van der Waals surface area contributed by atoms with E-state index in [0.29, 0.717) is 17.8 Å². The van der Waals surface area contributed by atoms with Gasteiger partial charge in [-0.1, -0.05) is 6.92 Å². The normalized spacial score (nSPS) is 44.4. The van der Waals surface area contributed by atoms with Crippen LogP contribution in [-0.4, -0.2) is 46.6 Å². The molecule has 0 aromatic heterocycles. The van der Waals surface area contributed by atoms with E-state index in [4.69, 9.17) is 0 Å². The number of rotatable bonds is 3. The van der Waals surface area contributed by atoms with Gasteiger partial charge in [0.2, 0.25) is 5.91 Å². The molecule has 3 fully saturated rings. The third kappa shape index (κ3) is 1.64. The summed E-state index contributed by atoms with van der Waals surface area (Å²) in [7, 11) is 0. The summed E-state index contributed by atoms with van der Waals surface area (Å²) in [6, 6.07) is 0.149. The zero-order chi connectivity index (χ0) is 12.2. The second-order valence-corrected chi connectivity index (χ2v) is 6.89. The van der Waals surface area contributed by atoms with E-state index in [1.54, 1.807) is 11.8 Å². The predicted molar refractivity (Wildman–Crippen MR) is 68.8 cm³/mol. The molecule has 1 amide bonds. The molecule has 2 saturated carbocycles. The van der Waals surface area contributed by atoms with E-state index in [1.165, 1.54) is 0 Å². The van der Waals surface area contributed by atoms with Crippen LogP contribution in [0.25, 0.3) is 0 Å². The van der Waals surface area contributed by atoms with Crippen molar-refractivity contribution in [1.82, 2.24) is 4.90 Å². The van der Waals surface area contributed by atoms with Crippen LogP contribution in [0.3, 0.4) is 0 Å². The third-order valence-electron chi connectivity index (χ3n) is 4.97. The van der Waals surface area contributed by atoms with Crippen LogP contribution in [0.2, 0.25) is 0 Å². The number of nitrogens with zero attached hydrogens (tertiary/aromatic N) is 1. The molecular weight excluding hydrogens is 234 g/mol. The zero-order valence-corrected chi connectivity index (χ0v) is 11.3. The van der Waals surface area contributed by atoms with Crippen molar-refractivity contribution < 1.29 is 9.90 Å². The van der Waals surface area contributed by atoms with Gasteiger partial charge in [-0.15, -0.1) is 0 Å². The molecule has 6 unspecified atom stereocenters. The van der Waals surface area contributed by atoms with Crippen molar-refractivity contribution in [3.8, 4) is 0 Å². The van der Waals surface area contributed by atoms with Gasteiger partial charge < -0.3 is 10.0 Å². The molecule has 0 radical (unpaired) electrons. The second kappa shape index (κ2) is 4.16. The second-order valence-electron chi connectivity index (χ2n) is 5.98. The minimum atomic E-state index is -0.246. The minimum Gasteiger partial charge on any atom is -0.391 e. The Balaban J connectivity index is 1.75. The maximum atomic E-state index is 12.4. The molecule has 96 valence electrons. The molecule has 6 atom stereocenters. The number of amides is 1. The van der Waals surface area contributed by atoms with Crippen molar-refractivity contribution in [2.24, 2.45) is 23.7 Å². The van der Waals surface area contributed by atoms with Gasteiger partial charge in [-0.2, -0.15) is 11.8 Å².